The van der Waals surface area contributed by atoms with Crippen LogP contribution in [-0.4, -0.2) is 28.5 Å². The Labute approximate surface area is 155 Å². The summed E-state index contributed by atoms with van der Waals surface area (Å²) in [4.78, 5) is 23.0. The molecule has 1 amide bonds. The van der Waals surface area contributed by atoms with E-state index in [4.69, 9.17) is 16.6 Å². The largest absolute Gasteiger partial charge is 0.367 e. The van der Waals surface area contributed by atoms with Crippen molar-refractivity contribution < 1.29 is 4.79 Å². The average Bonchev–Trinajstić information content (AvgIpc) is 3.17. The predicted molar refractivity (Wildman–Crippen MR) is 102 cm³/mol. The van der Waals surface area contributed by atoms with Crippen molar-refractivity contribution in [2.24, 2.45) is 5.41 Å². The van der Waals surface area contributed by atoms with E-state index < -0.39 is 0 Å². The normalized spacial score (nSPS) is 20.4. The van der Waals surface area contributed by atoms with E-state index in [0.29, 0.717) is 30.0 Å². The number of nitrogens with one attached hydrogen (secondary N) is 1. The number of amides is 1. The molecule has 3 rings (SSSR count). The van der Waals surface area contributed by atoms with Gasteiger partial charge in [-0.25, -0.2) is 4.98 Å². The highest BCUT2D eigenvalue weighted by Crippen LogP contribution is 2.42. The van der Waals surface area contributed by atoms with Crippen LogP contribution in [0.15, 0.2) is 0 Å². The zero-order chi connectivity index (χ0) is 18.2. The summed E-state index contributed by atoms with van der Waals surface area (Å²) < 4.78 is 0. The molecule has 1 aromatic rings. The Morgan fingerprint density at radius 1 is 1.20 bits per heavy atom. The van der Waals surface area contributed by atoms with Gasteiger partial charge in [-0.05, 0) is 37.5 Å². The molecule has 1 unspecified atom stereocenters. The van der Waals surface area contributed by atoms with E-state index in [1.54, 1.807) is 4.90 Å². The van der Waals surface area contributed by atoms with Crippen LogP contribution in [0.1, 0.15) is 77.7 Å². The van der Waals surface area contributed by atoms with Crippen LogP contribution in [0, 0.1) is 5.41 Å². The second kappa shape index (κ2) is 7.10. The van der Waals surface area contributed by atoms with Crippen molar-refractivity contribution in [3.63, 3.8) is 0 Å². The van der Waals surface area contributed by atoms with Crippen LogP contribution in [-0.2, 0) is 4.79 Å². The van der Waals surface area contributed by atoms with Crippen LogP contribution < -0.4 is 10.2 Å². The smallest absolute Gasteiger partial charge is 0.235 e. The monoisotopic (exact) mass is 364 g/mol. The minimum absolute atomic E-state index is 0.0829. The third-order valence-corrected chi connectivity index (χ3v) is 5.91. The number of aromatic nitrogens is 2. The second-order valence-electron chi connectivity index (χ2n) is 8.44. The summed E-state index contributed by atoms with van der Waals surface area (Å²) in [7, 11) is 0. The molecule has 138 valence electrons. The first-order chi connectivity index (χ1) is 11.8. The number of halogens is 1. The quantitative estimate of drug-likeness (QED) is 0.782. The maximum atomic E-state index is 12.1. The summed E-state index contributed by atoms with van der Waals surface area (Å²) >= 11 is 6.61. The number of rotatable bonds is 4. The summed E-state index contributed by atoms with van der Waals surface area (Å²) in [5.41, 5.74) is 1.12. The van der Waals surface area contributed by atoms with Crippen molar-refractivity contribution in [1.82, 2.24) is 9.97 Å². The highest BCUT2D eigenvalue weighted by Gasteiger charge is 2.31. The molecule has 0 aromatic carbocycles. The molecule has 0 spiro atoms. The Morgan fingerprint density at radius 3 is 2.44 bits per heavy atom. The first kappa shape index (κ1) is 18.4. The standard InChI is InChI=1S/C19H29ClN4O/c1-12(19(2,3)4)21-17-15(13-8-5-6-9-13)16(20)22-18(23-17)24-11-7-10-14(24)25/h12-13H,5-11H2,1-4H3,(H,21,22,23). The molecule has 1 aliphatic heterocycles. The fraction of sp³-hybridized carbons (Fsp3) is 0.737. The SMILES string of the molecule is CC(Nc1nc(N2CCCC2=O)nc(Cl)c1C1CCCC1)C(C)(C)C. The van der Waals surface area contributed by atoms with Crippen LogP contribution in [0.25, 0.3) is 0 Å². The number of carbonyl (C=O) groups excluding carboxylic acids is 1. The van der Waals surface area contributed by atoms with E-state index in [0.717, 1.165) is 30.6 Å². The number of hydrogen-bond acceptors (Lipinski definition) is 4. The summed E-state index contributed by atoms with van der Waals surface area (Å²) in [6, 6.07) is 0.223. The molecule has 1 aliphatic carbocycles. The molecular weight excluding hydrogens is 336 g/mol. The lowest BCUT2D eigenvalue weighted by Crippen LogP contribution is -2.33. The molecule has 1 N–H and O–H groups in total. The third-order valence-electron chi connectivity index (χ3n) is 5.62. The van der Waals surface area contributed by atoms with Crippen molar-refractivity contribution in [3.8, 4) is 0 Å². The average molecular weight is 365 g/mol. The molecule has 0 radical (unpaired) electrons. The van der Waals surface area contributed by atoms with Crippen LogP contribution in [0.5, 0.6) is 0 Å². The Hall–Kier alpha value is -1.36. The lowest BCUT2D eigenvalue weighted by molar-refractivity contribution is -0.117. The number of hydrogen-bond donors (Lipinski definition) is 1. The number of anilines is 2. The Morgan fingerprint density at radius 2 is 1.88 bits per heavy atom. The van der Waals surface area contributed by atoms with E-state index in [2.05, 4.69) is 38.0 Å². The highest BCUT2D eigenvalue weighted by molar-refractivity contribution is 6.30. The molecule has 2 aliphatic rings. The van der Waals surface area contributed by atoms with Crippen LogP contribution in [0.2, 0.25) is 5.15 Å². The van der Waals surface area contributed by atoms with E-state index in [9.17, 15) is 4.79 Å². The van der Waals surface area contributed by atoms with Gasteiger partial charge in [-0.2, -0.15) is 4.98 Å². The fourth-order valence-electron chi connectivity index (χ4n) is 3.52. The minimum atomic E-state index is 0.0829. The zero-order valence-corrected chi connectivity index (χ0v) is 16.5. The Balaban J connectivity index is 2.00. The maximum absolute atomic E-state index is 12.1. The molecule has 5 nitrogen and oxygen atoms in total. The molecule has 1 saturated heterocycles. The summed E-state index contributed by atoms with van der Waals surface area (Å²) in [6.45, 7) is 9.44. The van der Waals surface area contributed by atoms with E-state index >= 15 is 0 Å². The maximum Gasteiger partial charge on any atom is 0.235 e. The van der Waals surface area contributed by atoms with Gasteiger partial charge in [-0.3, -0.25) is 9.69 Å². The lowest BCUT2D eigenvalue weighted by atomic mass is 9.87. The molecule has 1 atom stereocenters. The van der Waals surface area contributed by atoms with Crippen LogP contribution in [0.4, 0.5) is 11.8 Å². The molecule has 6 heteroatoms. The molecule has 2 fully saturated rings. The van der Waals surface area contributed by atoms with Gasteiger partial charge >= 0.3 is 0 Å². The summed E-state index contributed by atoms with van der Waals surface area (Å²) in [6.07, 6.45) is 6.12. The fourth-order valence-corrected chi connectivity index (χ4v) is 3.84. The molecule has 0 bridgehead atoms. The number of carbonyl (C=O) groups is 1. The topological polar surface area (TPSA) is 58.1 Å². The van der Waals surface area contributed by atoms with Crippen molar-refractivity contribution in [3.05, 3.63) is 10.7 Å². The highest BCUT2D eigenvalue weighted by atomic mass is 35.5. The van der Waals surface area contributed by atoms with Crippen molar-refractivity contribution in [2.45, 2.75) is 78.2 Å². The van der Waals surface area contributed by atoms with Gasteiger partial charge in [0.15, 0.2) is 0 Å². The van der Waals surface area contributed by atoms with E-state index in [1.807, 2.05) is 0 Å². The van der Waals surface area contributed by atoms with Gasteiger partial charge in [0.05, 0.1) is 0 Å². The molecule has 1 aromatic heterocycles. The minimum Gasteiger partial charge on any atom is -0.367 e. The first-order valence-electron chi connectivity index (χ1n) is 9.41. The third kappa shape index (κ3) is 3.91. The van der Waals surface area contributed by atoms with Gasteiger partial charge in [0.1, 0.15) is 11.0 Å². The van der Waals surface area contributed by atoms with Gasteiger partial charge in [0.25, 0.3) is 0 Å². The first-order valence-corrected chi connectivity index (χ1v) is 9.79. The molecule has 25 heavy (non-hydrogen) atoms. The van der Waals surface area contributed by atoms with E-state index in [-0.39, 0.29) is 17.4 Å². The van der Waals surface area contributed by atoms with Gasteiger partial charge in [-0.1, -0.05) is 45.2 Å². The van der Waals surface area contributed by atoms with Crippen molar-refractivity contribution >= 4 is 29.3 Å². The van der Waals surface area contributed by atoms with Gasteiger partial charge in [0.2, 0.25) is 11.9 Å². The van der Waals surface area contributed by atoms with Gasteiger partial charge in [-0.15, -0.1) is 0 Å². The van der Waals surface area contributed by atoms with Gasteiger partial charge < -0.3 is 5.32 Å². The Bertz CT molecular complexity index is 650. The van der Waals surface area contributed by atoms with Crippen molar-refractivity contribution in [1.29, 1.82) is 0 Å². The molecule has 2 heterocycles. The van der Waals surface area contributed by atoms with Crippen LogP contribution >= 0.6 is 11.6 Å². The second-order valence-corrected chi connectivity index (χ2v) is 8.80. The zero-order valence-electron chi connectivity index (χ0n) is 15.7. The summed E-state index contributed by atoms with van der Waals surface area (Å²) in [5.74, 6) is 1.74. The van der Waals surface area contributed by atoms with Crippen molar-refractivity contribution in [2.75, 3.05) is 16.8 Å². The Kier molecular flexibility index (Phi) is 5.24. The molecular formula is C19H29ClN4O. The van der Waals surface area contributed by atoms with Crippen LogP contribution in [0.3, 0.4) is 0 Å². The summed E-state index contributed by atoms with van der Waals surface area (Å²) in [5, 5.41) is 4.07. The molecule has 1 saturated carbocycles. The lowest BCUT2D eigenvalue weighted by Gasteiger charge is -2.30. The van der Waals surface area contributed by atoms with Gasteiger partial charge in [0, 0.05) is 24.6 Å². The predicted octanol–water partition coefficient (Wildman–Crippen LogP) is 4.76. The van der Waals surface area contributed by atoms with E-state index in [1.165, 1.54) is 12.8 Å². The number of nitrogens with zero attached hydrogens (tertiary/aromatic N) is 3.